The summed E-state index contributed by atoms with van der Waals surface area (Å²) in [6, 6.07) is 8.81. The number of nitrogens with zero attached hydrogens (tertiary/aromatic N) is 3. The van der Waals surface area contributed by atoms with E-state index in [1.807, 2.05) is 0 Å². The van der Waals surface area contributed by atoms with Crippen molar-refractivity contribution in [2.45, 2.75) is 4.90 Å². The number of fused-ring (bicyclic) bond motifs is 1. The molecule has 0 amide bonds. The number of sulfonamides is 1. The highest BCUT2D eigenvalue weighted by Gasteiger charge is 2.30. The van der Waals surface area contributed by atoms with Crippen molar-refractivity contribution in [2.24, 2.45) is 5.10 Å². The number of ether oxygens (including phenoxy) is 3. The van der Waals surface area contributed by atoms with Gasteiger partial charge in [0.2, 0.25) is 16.8 Å². The van der Waals surface area contributed by atoms with Gasteiger partial charge in [-0.25, -0.2) is 8.42 Å². The van der Waals surface area contributed by atoms with Gasteiger partial charge in [0.15, 0.2) is 11.5 Å². The molecule has 0 bridgehead atoms. The highest BCUT2D eigenvalue weighted by molar-refractivity contribution is 7.89. The maximum atomic E-state index is 13.1. The third kappa shape index (κ3) is 4.06. The van der Waals surface area contributed by atoms with Gasteiger partial charge in [0.05, 0.1) is 30.0 Å². The van der Waals surface area contributed by atoms with Crippen molar-refractivity contribution in [1.29, 1.82) is 0 Å². The van der Waals surface area contributed by atoms with Crippen molar-refractivity contribution in [1.82, 2.24) is 4.31 Å². The molecule has 0 saturated carbocycles. The molecule has 2 heterocycles. The first-order chi connectivity index (χ1) is 14.4. The zero-order valence-electron chi connectivity index (χ0n) is 15.7. The van der Waals surface area contributed by atoms with E-state index < -0.39 is 14.9 Å². The lowest BCUT2D eigenvalue weighted by molar-refractivity contribution is -0.385. The summed E-state index contributed by atoms with van der Waals surface area (Å²) in [5.41, 5.74) is 3.18. The van der Waals surface area contributed by atoms with Crippen LogP contribution in [0.2, 0.25) is 0 Å². The average molecular weight is 434 g/mol. The molecule has 4 rings (SSSR count). The number of nitro benzene ring substituents is 1. The van der Waals surface area contributed by atoms with Gasteiger partial charge < -0.3 is 14.2 Å². The number of non-ortho nitro benzene ring substituents is 1. The molecule has 158 valence electrons. The minimum atomic E-state index is -3.98. The number of morpholine rings is 1. The molecule has 0 unspecified atom stereocenters. The smallest absolute Gasteiger partial charge is 0.270 e. The Hall–Kier alpha value is -3.22. The molecule has 30 heavy (non-hydrogen) atoms. The van der Waals surface area contributed by atoms with E-state index in [2.05, 4.69) is 10.5 Å². The standard InChI is InChI=1S/C18H18N4O7S/c23-22(24)14-2-3-15(18(10-14)30(25,26)21-5-7-27-8-6-21)20-19-11-13-1-4-16-17(9-13)29-12-28-16/h1-4,9-11,20H,5-8,12H2. The van der Waals surface area contributed by atoms with Gasteiger partial charge in [0.25, 0.3) is 5.69 Å². The number of anilines is 1. The van der Waals surface area contributed by atoms with E-state index in [4.69, 9.17) is 14.2 Å². The molecule has 12 heteroatoms. The van der Waals surface area contributed by atoms with Crippen LogP contribution < -0.4 is 14.9 Å². The lowest BCUT2D eigenvalue weighted by Gasteiger charge is -2.26. The first-order valence-corrected chi connectivity index (χ1v) is 10.4. The molecule has 0 aromatic heterocycles. The van der Waals surface area contributed by atoms with Crippen LogP contribution in [0.4, 0.5) is 11.4 Å². The average Bonchev–Trinajstić information content (AvgIpc) is 3.22. The molecular formula is C18H18N4O7S. The zero-order chi connectivity index (χ0) is 21.1. The van der Waals surface area contributed by atoms with Crippen LogP contribution in [0.15, 0.2) is 46.4 Å². The Morgan fingerprint density at radius 1 is 1.10 bits per heavy atom. The van der Waals surface area contributed by atoms with Gasteiger partial charge in [-0.15, -0.1) is 0 Å². The first-order valence-electron chi connectivity index (χ1n) is 9.00. The molecule has 2 aliphatic heterocycles. The largest absolute Gasteiger partial charge is 0.454 e. The van der Waals surface area contributed by atoms with Gasteiger partial charge in [-0.1, -0.05) is 0 Å². The molecule has 2 aliphatic rings. The zero-order valence-corrected chi connectivity index (χ0v) is 16.5. The minimum absolute atomic E-state index is 0.129. The first kappa shape index (κ1) is 20.1. The number of hydrogen-bond acceptors (Lipinski definition) is 9. The van der Waals surface area contributed by atoms with E-state index in [1.54, 1.807) is 18.2 Å². The molecule has 1 N–H and O–H groups in total. The lowest BCUT2D eigenvalue weighted by atomic mass is 10.2. The monoisotopic (exact) mass is 434 g/mol. The van der Waals surface area contributed by atoms with Crippen molar-refractivity contribution in [3.8, 4) is 11.5 Å². The van der Waals surface area contributed by atoms with Crippen molar-refractivity contribution in [3.63, 3.8) is 0 Å². The Morgan fingerprint density at radius 2 is 1.87 bits per heavy atom. The SMILES string of the molecule is O=[N+]([O-])c1ccc(NN=Cc2ccc3c(c2)OCO3)c(S(=O)(=O)N2CCOCC2)c1. The van der Waals surface area contributed by atoms with E-state index in [-0.39, 0.29) is 49.4 Å². The molecule has 0 atom stereocenters. The summed E-state index contributed by atoms with van der Waals surface area (Å²) in [5, 5.41) is 15.2. The normalized spacial score (nSPS) is 16.7. The highest BCUT2D eigenvalue weighted by Crippen LogP contribution is 2.32. The van der Waals surface area contributed by atoms with Gasteiger partial charge in [-0.2, -0.15) is 9.41 Å². The molecule has 2 aromatic rings. The predicted octanol–water partition coefficient (Wildman–Crippen LogP) is 1.79. The number of hydrogen-bond donors (Lipinski definition) is 1. The highest BCUT2D eigenvalue weighted by atomic mass is 32.2. The third-order valence-electron chi connectivity index (χ3n) is 4.56. The van der Waals surface area contributed by atoms with Crippen LogP contribution >= 0.6 is 0 Å². The molecular weight excluding hydrogens is 416 g/mol. The quantitative estimate of drug-likeness (QED) is 0.413. The summed E-state index contributed by atoms with van der Waals surface area (Å²) in [6.07, 6.45) is 1.48. The summed E-state index contributed by atoms with van der Waals surface area (Å²) in [6.45, 7) is 1.02. The second-order valence-electron chi connectivity index (χ2n) is 6.44. The lowest BCUT2D eigenvalue weighted by Crippen LogP contribution is -2.40. The van der Waals surface area contributed by atoms with Crippen molar-refractivity contribution in [3.05, 3.63) is 52.1 Å². The fourth-order valence-electron chi connectivity index (χ4n) is 3.03. The Labute approximate surface area is 172 Å². The van der Waals surface area contributed by atoms with E-state index in [9.17, 15) is 18.5 Å². The van der Waals surface area contributed by atoms with Gasteiger partial charge in [0, 0.05) is 25.2 Å². The molecule has 2 aromatic carbocycles. The van der Waals surface area contributed by atoms with Crippen LogP contribution in [-0.2, 0) is 14.8 Å². The van der Waals surface area contributed by atoms with Crippen molar-refractivity contribution in [2.75, 3.05) is 38.5 Å². The van der Waals surface area contributed by atoms with Crippen LogP contribution in [0.3, 0.4) is 0 Å². The summed E-state index contributed by atoms with van der Waals surface area (Å²) >= 11 is 0. The topological polar surface area (TPSA) is 133 Å². The van der Waals surface area contributed by atoms with Gasteiger partial charge >= 0.3 is 0 Å². The maximum Gasteiger partial charge on any atom is 0.270 e. The third-order valence-corrected chi connectivity index (χ3v) is 6.50. The van der Waals surface area contributed by atoms with Crippen LogP contribution in [0.1, 0.15) is 5.56 Å². The van der Waals surface area contributed by atoms with Gasteiger partial charge in [-0.3, -0.25) is 15.5 Å². The molecule has 11 nitrogen and oxygen atoms in total. The van der Waals surface area contributed by atoms with E-state index in [0.29, 0.717) is 17.1 Å². The van der Waals surface area contributed by atoms with Crippen molar-refractivity contribution >= 4 is 27.6 Å². The van der Waals surface area contributed by atoms with E-state index in [1.165, 1.54) is 22.7 Å². The Kier molecular flexibility index (Phi) is 5.53. The van der Waals surface area contributed by atoms with Crippen molar-refractivity contribution < 1.29 is 27.6 Å². The van der Waals surface area contributed by atoms with Gasteiger partial charge in [-0.05, 0) is 29.8 Å². The number of nitro groups is 1. The van der Waals surface area contributed by atoms with Crippen LogP contribution in [-0.4, -0.2) is 57.0 Å². The second-order valence-corrected chi connectivity index (χ2v) is 8.34. The predicted molar refractivity (Wildman–Crippen MR) is 106 cm³/mol. The fraction of sp³-hybridized carbons (Fsp3) is 0.278. The summed E-state index contributed by atoms with van der Waals surface area (Å²) < 4.78 is 43.1. The fourth-order valence-corrected chi connectivity index (χ4v) is 4.60. The van der Waals surface area contributed by atoms with E-state index >= 15 is 0 Å². The maximum absolute atomic E-state index is 13.1. The Balaban J connectivity index is 1.61. The molecule has 0 spiro atoms. The summed E-state index contributed by atoms with van der Waals surface area (Å²) in [7, 11) is -3.98. The molecule has 0 aliphatic carbocycles. The molecule has 0 radical (unpaired) electrons. The number of benzene rings is 2. The number of nitrogens with one attached hydrogen (secondary N) is 1. The Morgan fingerprint density at radius 3 is 2.63 bits per heavy atom. The Bertz CT molecular complexity index is 1100. The van der Waals surface area contributed by atoms with Crippen LogP contribution in [0.5, 0.6) is 11.5 Å². The summed E-state index contributed by atoms with van der Waals surface area (Å²) in [5.74, 6) is 1.22. The number of hydrazone groups is 1. The van der Waals surface area contributed by atoms with E-state index in [0.717, 1.165) is 6.07 Å². The molecule has 1 fully saturated rings. The molecule has 1 saturated heterocycles. The van der Waals surface area contributed by atoms with Gasteiger partial charge in [0.1, 0.15) is 4.90 Å². The van der Waals surface area contributed by atoms with Crippen LogP contribution in [0.25, 0.3) is 0 Å². The second kappa shape index (κ2) is 8.26. The number of rotatable bonds is 6. The summed E-state index contributed by atoms with van der Waals surface area (Å²) in [4.78, 5) is 10.3. The minimum Gasteiger partial charge on any atom is -0.454 e. The van der Waals surface area contributed by atoms with Crippen LogP contribution in [0, 0.1) is 10.1 Å².